The first-order valence-corrected chi connectivity index (χ1v) is 8.28. The van der Waals surface area contributed by atoms with Crippen molar-refractivity contribution in [2.45, 2.75) is 12.8 Å². The highest BCUT2D eigenvalue weighted by atomic mass is 32.1. The molecule has 0 bridgehead atoms. The van der Waals surface area contributed by atoms with E-state index in [1.165, 1.54) is 0 Å². The molecule has 5 nitrogen and oxygen atoms in total. The predicted molar refractivity (Wildman–Crippen MR) is 103 cm³/mol. The van der Waals surface area contributed by atoms with Crippen molar-refractivity contribution in [2.24, 2.45) is 0 Å². The zero-order valence-corrected chi connectivity index (χ0v) is 15.2. The van der Waals surface area contributed by atoms with Crippen molar-refractivity contribution in [3.8, 4) is 17.6 Å². The molecule has 2 aromatic carbocycles. The van der Waals surface area contributed by atoms with E-state index in [0.717, 1.165) is 34.7 Å². The van der Waals surface area contributed by atoms with E-state index < -0.39 is 0 Å². The molecule has 0 aliphatic heterocycles. The summed E-state index contributed by atoms with van der Waals surface area (Å²) in [6.07, 6.45) is 1.22. The third-order valence-corrected chi connectivity index (χ3v) is 3.89. The monoisotopic (exact) mass is 355 g/mol. The van der Waals surface area contributed by atoms with Crippen LogP contribution < -0.4 is 20.1 Å². The summed E-state index contributed by atoms with van der Waals surface area (Å²) in [5, 5.41) is 15.6. The Kier molecular flexibility index (Phi) is 7.05. The van der Waals surface area contributed by atoms with Crippen molar-refractivity contribution in [3.63, 3.8) is 0 Å². The molecule has 2 rings (SSSR count). The highest BCUT2D eigenvalue weighted by molar-refractivity contribution is 7.80. The van der Waals surface area contributed by atoms with Crippen LogP contribution in [0.4, 0.5) is 5.69 Å². The molecule has 0 aliphatic rings. The molecule has 2 N–H and O–H groups in total. The Labute approximate surface area is 153 Å². The largest absolute Gasteiger partial charge is 0.493 e. The molecule has 0 aliphatic carbocycles. The lowest BCUT2D eigenvalue weighted by molar-refractivity contribution is 0.354. The van der Waals surface area contributed by atoms with Gasteiger partial charge in [0.05, 0.1) is 26.7 Å². The second kappa shape index (κ2) is 9.50. The predicted octanol–water partition coefficient (Wildman–Crippen LogP) is 3.30. The number of rotatable bonds is 7. The second-order valence-corrected chi connectivity index (χ2v) is 5.76. The average Bonchev–Trinajstić information content (AvgIpc) is 2.63. The number of nitriles is 1. The molecule has 0 unspecified atom stereocenters. The quantitative estimate of drug-likeness (QED) is 0.743. The van der Waals surface area contributed by atoms with Gasteiger partial charge in [-0.05, 0) is 54.0 Å². The smallest absolute Gasteiger partial charge is 0.170 e. The maximum absolute atomic E-state index is 8.68. The van der Waals surface area contributed by atoms with E-state index in [-0.39, 0.29) is 0 Å². The standard InChI is InChI=1S/C19H21N3O2S/c1-23-17-8-5-15(13-18(17)24-2)10-12-21-19(25)22-16-6-3-14(4-7-16)9-11-20/h3-8,13H,9-10,12H2,1-2H3,(H2,21,22,25). The summed E-state index contributed by atoms with van der Waals surface area (Å²) in [5.74, 6) is 1.44. The minimum atomic E-state index is 0.411. The summed E-state index contributed by atoms with van der Waals surface area (Å²) < 4.78 is 10.5. The van der Waals surface area contributed by atoms with Gasteiger partial charge in [0, 0.05) is 12.2 Å². The average molecular weight is 355 g/mol. The van der Waals surface area contributed by atoms with Crippen LogP contribution in [0.3, 0.4) is 0 Å². The Bertz CT molecular complexity index is 754. The molecule has 0 heterocycles. The minimum Gasteiger partial charge on any atom is -0.493 e. The van der Waals surface area contributed by atoms with Crippen LogP contribution in [0.2, 0.25) is 0 Å². The van der Waals surface area contributed by atoms with Crippen molar-refractivity contribution in [3.05, 3.63) is 53.6 Å². The Morgan fingerprint density at radius 3 is 2.36 bits per heavy atom. The zero-order chi connectivity index (χ0) is 18.1. The van der Waals surface area contributed by atoms with Crippen LogP contribution in [0.25, 0.3) is 0 Å². The van der Waals surface area contributed by atoms with E-state index in [0.29, 0.717) is 18.1 Å². The molecule has 25 heavy (non-hydrogen) atoms. The topological polar surface area (TPSA) is 66.3 Å². The highest BCUT2D eigenvalue weighted by Gasteiger charge is 2.05. The molecule has 130 valence electrons. The van der Waals surface area contributed by atoms with E-state index in [9.17, 15) is 0 Å². The number of hydrogen-bond donors (Lipinski definition) is 2. The van der Waals surface area contributed by atoms with Crippen molar-refractivity contribution in [1.29, 1.82) is 5.26 Å². The van der Waals surface area contributed by atoms with E-state index in [1.807, 2.05) is 42.5 Å². The van der Waals surface area contributed by atoms with Crippen molar-refractivity contribution in [2.75, 3.05) is 26.1 Å². The van der Waals surface area contributed by atoms with Gasteiger partial charge >= 0.3 is 0 Å². The van der Waals surface area contributed by atoms with Crippen LogP contribution in [0.15, 0.2) is 42.5 Å². The summed E-state index contributed by atoms with van der Waals surface area (Å²) in [4.78, 5) is 0. The Hall–Kier alpha value is -2.78. The van der Waals surface area contributed by atoms with Crippen molar-refractivity contribution < 1.29 is 9.47 Å². The molecule has 0 fully saturated rings. The number of nitrogens with zero attached hydrogens (tertiary/aromatic N) is 1. The molecule has 0 spiro atoms. The lowest BCUT2D eigenvalue weighted by Crippen LogP contribution is -2.30. The fourth-order valence-corrected chi connectivity index (χ4v) is 2.55. The third-order valence-electron chi connectivity index (χ3n) is 3.64. The molecule has 2 aromatic rings. The summed E-state index contributed by atoms with van der Waals surface area (Å²) in [7, 11) is 3.25. The summed E-state index contributed by atoms with van der Waals surface area (Å²) in [6, 6.07) is 15.6. The number of thiocarbonyl (C=S) groups is 1. The molecule has 6 heteroatoms. The number of methoxy groups -OCH3 is 2. The number of ether oxygens (including phenoxy) is 2. The summed E-state index contributed by atoms with van der Waals surface area (Å²) >= 11 is 5.30. The Morgan fingerprint density at radius 2 is 1.72 bits per heavy atom. The highest BCUT2D eigenvalue weighted by Crippen LogP contribution is 2.27. The van der Waals surface area contributed by atoms with Gasteiger partial charge in [0.2, 0.25) is 0 Å². The van der Waals surface area contributed by atoms with Crippen molar-refractivity contribution in [1.82, 2.24) is 5.32 Å². The van der Waals surface area contributed by atoms with Gasteiger partial charge < -0.3 is 20.1 Å². The minimum absolute atomic E-state index is 0.411. The van der Waals surface area contributed by atoms with Crippen molar-refractivity contribution >= 4 is 23.0 Å². The van der Waals surface area contributed by atoms with Crippen LogP contribution in [-0.2, 0) is 12.8 Å². The lowest BCUT2D eigenvalue weighted by atomic mass is 10.1. The van der Waals surface area contributed by atoms with E-state index >= 15 is 0 Å². The molecule has 0 radical (unpaired) electrons. The summed E-state index contributed by atoms with van der Waals surface area (Å²) in [6.45, 7) is 0.702. The molecule has 0 atom stereocenters. The SMILES string of the molecule is COc1ccc(CCNC(=S)Nc2ccc(CC#N)cc2)cc1OC. The number of benzene rings is 2. The molecule has 0 saturated heterocycles. The number of nitrogens with one attached hydrogen (secondary N) is 2. The maximum atomic E-state index is 8.68. The van der Waals surface area contributed by atoms with Crippen LogP contribution in [-0.4, -0.2) is 25.9 Å². The van der Waals surface area contributed by atoms with Gasteiger partial charge in [0.1, 0.15) is 0 Å². The molecular weight excluding hydrogens is 334 g/mol. The second-order valence-electron chi connectivity index (χ2n) is 5.35. The number of anilines is 1. The molecular formula is C19H21N3O2S. The van der Waals surface area contributed by atoms with Gasteiger partial charge in [-0.3, -0.25) is 0 Å². The van der Waals surface area contributed by atoms with Crippen LogP contribution in [0.1, 0.15) is 11.1 Å². The van der Waals surface area contributed by atoms with Crippen LogP contribution in [0.5, 0.6) is 11.5 Å². The van der Waals surface area contributed by atoms with E-state index in [2.05, 4.69) is 16.7 Å². The third kappa shape index (κ3) is 5.66. The normalized spacial score (nSPS) is 9.80. The van der Waals surface area contributed by atoms with Gasteiger partial charge in [-0.1, -0.05) is 18.2 Å². The molecule has 0 aromatic heterocycles. The summed E-state index contributed by atoms with van der Waals surface area (Å²) in [5.41, 5.74) is 3.01. The van der Waals surface area contributed by atoms with Gasteiger partial charge in [0.25, 0.3) is 0 Å². The van der Waals surface area contributed by atoms with Gasteiger partial charge in [-0.15, -0.1) is 0 Å². The number of hydrogen-bond acceptors (Lipinski definition) is 4. The van der Waals surface area contributed by atoms with E-state index in [1.54, 1.807) is 14.2 Å². The van der Waals surface area contributed by atoms with Gasteiger partial charge in [-0.2, -0.15) is 5.26 Å². The Morgan fingerprint density at radius 1 is 1.04 bits per heavy atom. The van der Waals surface area contributed by atoms with Gasteiger partial charge in [0.15, 0.2) is 16.6 Å². The molecule has 0 amide bonds. The van der Waals surface area contributed by atoms with Crippen LogP contribution >= 0.6 is 12.2 Å². The first-order valence-electron chi connectivity index (χ1n) is 7.88. The molecule has 0 saturated carbocycles. The lowest BCUT2D eigenvalue weighted by Gasteiger charge is -2.12. The zero-order valence-electron chi connectivity index (χ0n) is 14.3. The fraction of sp³-hybridized carbons (Fsp3) is 0.263. The first kappa shape index (κ1) is 18.6. The maximum Gasteiger partial charge on any atom is 0.170 e. The van der Waals surface area contributed by atoms with Crippen LogP contribution in [0, 0.1) is 11.3 Å². The Balaban J connectivity index is 1.81. The van der Waals surface area contributed by atoms with E-state index in [4.69, 9.17) is 27.0 Å². The fourth-order valence-electron chi connectivity index (χ4n) is 2.33. The first-order chi connectivity index (χ1) is 12.2. The van der Waals surface area contributed by atoms with Gasteiger partial charge in [-0.25, -0.2) is 0 Å².